The Morgan fingerprint density at radius 3 is 1.39 bits per heavy atom. The number of nitrogens with zero attached hydrogens (tertiary/aromatic N) is 3. The van der Waals surface area contributed by atoms with Crippen molar-refractivity contribution in [3.8, 4) is 22.9 Å². The molecule has 7 aromatic rings. The van der Waals surface area contributed by atoms with E-state index < -0.39 is 0 Å². The molecule has 0 saturated carbocycles. The highest BCUT2D eigenvalue weighted by molar-refractivity contribution is 5.88. The molecule has 5 heteroatoms. The highest BCUT2D eigenvalue weighted by Gasteiger charge is 2.19. The van der Waals surface area contributed by atoms with Gasteiger partial charge in [0.1, 0.15) is 11.0 Å². The molecule has 2 heterocycles. The van der Waals surface area contributed by atoms with Gasteiger partial charge in [-0.05, 0) is 71.6 Å². The molecule has 0 spiro atoms. The number of anilines is 3. The van der Waals surface area contributed by atoms with Gasteiger partial charge in [-0.25, -0.2) is 9.97 Å². The van der Waals surface area contributed by atoms with Crippen LogP contribution in [0.15, 0.2) is 130 Å². The molecule has 5 aromatic carbocycles. The summed E-state index contributed by atoms with van der Waals surface area (Å²) in [4.78, 5) is 11.7. The summed E-state index contributed by atoms with van der Waals surface area (Å²) in [6.07, 6.45) is 0. The average Bonchev–Trinajstić information content (AvgIpc) is 3.62. The van der Waals surface area contributed by atoms with Gasteiger partial charge in [0, 0.05) is 40.3 Å². The Kier molecular flexibility index (Phi) is 5.93. The molecule has 0 atom stereocenters. The lowest BCUT2D eigenvalue weighted by Gasteiger charge is -2.26. The normalized spacial score (nSPS) is 11.8. The van der Waals surface area contributed by atoms with E-state index in [0.29, 0.717) is 11.8 Å². The summed E-state index contributed by atoms with van der Waals surface area (Å²) < 4.78 is 12.5. The minimum atomic E-state index is 0.0581. The highest BCUT2D eigenvalue weighted by atomic mass is 16.4. The lowest BCUT2D eigenvalue weighted by Crippen LogP contribution is -2.13. The zero-order valence-corrected chi connectivity index (χ0v) is 23.2. The molecule has 0 radical (unpaired) electrons. The van der Waals surface area contributed by atoms with E-state index in [9.17, 15) is 0 Å². The number of rotatable bonds is 5. The molecule has 0 saturated heterocycles. The molecule has 41 heavy (non-hydrogen) atoms. The van der Waals surface area contributed by atoms with Crippen LogP contribution in [-0.2, 0) is 5.41 Å². The predicted molar refractivity (Wildman–Crippen MR) is 166 cm³/mol. The summed E-state index contributed by atoms with van der Waals surface area (Å²) in [6, 6.07) is 41.0. The second-order valence-electron chi connectivity index (χ2n) is 11.2. The minimum absolute atomic E-state index is 0.0581. The summed E-state index contributed by atoms with van der Waals surface area (Å²) in [5.74, 6) is 1.21. The van der Waals surface area contributed by atoms with Crippen LogP contribution in [0.4, 0.5) is 17.1 Å². The van der Waals surface area contributed by atoms with E-state index in [0.717, 1.165) is 50.4 Å². The van der Waals surface area contributed by atoms with Crippen LogP contribution in [0.25, 0.3) is 45.1 Å². The average molecular weight is 536 g/mol. The third-order valence-electron chi connectivity index (χ3n) is 7.29. The lowest BCUT2D eigenvalue weighted by atomic mass is 9.87. The van der Waals surface area contributed by atoms with Crippen molar-refractivity contribution >= 4 is 39.3 Å². The predicted octanol–water partition coefficient (Wildman–Crippen LogP) is 10.1. The number of oxazole rings is 2. The molecule has 2 aromatic heterocycles. The lowest BCUT2D eigenvalue weighted by molar-refractivity contribution is 0.590. The van der Waals surface area contributed by atoms with Gasteiger partial charge in [-0.1, -0.05) is 69.3 Å². The van der Waals surface area contributed by atoms with Gasteiger partial charge in [0.15, 0.2) is 11.2 Å². The minimum Gasteiger partial charge on any atom is -0.436 e. The molecular formula is C36H29N3O2. The Balaban J connectivity index is 1.35. The fourth-order valence-electron chi connectivity index (χ4n) is 5.07. The molecule has 200 valence electrons. The number of fused-ring (bicyclic) bond motifs is 2. The van der Waals surface area contributed by atoms with Gasteiger partial charge in [0.2, 0.25) is 11.8 Å². The van der Waals surface area contributed by atoms with E-state index in [1.165, 1.54) is 5.56 Å². The first kappa shape index (κ1) is 24.9. The maximum Gasteiger partial charge on any atom is 0.227 e. The number of aromatic nitrogens is 2. The van der Waals surface area contributed by atoms with Gasteiger partial charge in [0.25, 0.3) is 0 Å². The van der Waals surface area contributed by atoms with E-state index >= 15 is 0 Å². The molecule has 5 nitrogen and oxygen atoms in total. The van der Waals surface area contributed by atoms with Crippen molar-refractivity contribution in [1.82, 2.24) is 9.97 Å². The fourth-order valence-corrected chi connectivity index (χ4v) is 5.07. The Hall–Kier alpha value is -5.16. The second-order valence-corrected chi connectivity index (χ2v) is 11.2. The highest BCUT2D eigenvalue weighted by Crippen LogP contribution is 2.39. The van der Waals surface area contributed by atoms with Crippen molar-refractivity contribution in [3.63, 3.8) is 0 Å². The molecule has 7 rings (SSSR count). The number of hydrogen-bond donors (Lipinski definition) is 0. The van der Waals surface area contributed by atoms with E-state index in [2.05, 4.69) is 62.1 Å². The number of hydrogen-bond acceptors (Lipinski definition) is 5. The summed E-state index contributed by atoms with van der Waals surface area (Å²) in [5, 5.41) is 0. The topological polar surface area (TPSA) is 55.3 Å². The van der Waals surface area contributed by atoms with Gasteiger partial charge in [-0.3, -0.25) is 0 Å². The largest absolute Gasteiger partial charge is 0.436 e. The first-order chi connectivity index (χ1) is 19.9. The molecule has 0 fully saturated rings. The van der Waals surface area contributed by atoms with Crippen LogP contribution in [-0.4, -0.2) is 9.97 Å². The van der Waals surface area contributed by atoms with Crippen LogP contribution in [0.2, 0.25) is 0 Å². The maximum absolute atomic E-state index is 6.24. The molecule has 0 aliphatic heterocycles. The summed E-state index contributed by atoms with van der Waals surface area (Å²) in [7, 11) is 0. The first-order valence-corrected chi connectivity index (χ1v) is 13.8. The van der Waals surface area contributed by atoms with E-state index in [-0.39, 0.29) is 5.41 Å². The van der Waals surface area contributed by atoms with Crippen LogP contribution in [0.1, 0.15) is 26.3 Å². The first-order valence-electron chi connectivity index (χ1n) is 13.8. The van der Waals surface area contributed by atoms with Crippen molar-refractivity contribution in [1.29, 1.82) is 0 Å². The van der Waals surface area contributed by atoms with Gasteiger partial charge < -0.3 is 13.7 Å². The van der Waals surface area contributed by atoms with Crippen molar-refractivity contribution in [2.24, 2.45) is 0 Å². The van der Waals surface area contributed by atoms with Crippen LogP contribution in [0.5, 0.6) is 0 Å². The Morgan fingerprint density at radius 1 is 0.512 bits per heavy atom. The van der Waals surface area contributed by atoms with E-state index in [4.69, 9.17) is 18.8 Å². The maximum atomic E-state index is 6.24. The molecular weight excluding hydrogens is 506 g/mol. The van der Waals surface area contributed by atoms with Gasteiger partial charge in [-0.2, -0.15) is 0 Å². The van der Waals surface area contributed by atoms with Crippen molar-refractivity contribution in [2.75, 3.05) is 4.90 Å². The zero-order valence-electron chi connectivity index (χ0n) is 23.2. The number of benzene rings is 5. The third kappa shape index (κ3) is 4.76. The SMILES string of the molecule is CC(C)(C)c1ccc(N(c2ccc3nc(-c4ccccc4)oc3c2)c2ccc3nc(-c4ccccc4)oc3c2)cc1. The van der Waals surface area contributed by atoms with Gasteiger partial charge in [0.05, 0.1) is 0 Å². The van der Waals surface area contributed by atoms with Crippen LogP contribution < -0.4 is 4.90 Å². The van der Waals surface area contributed by atoms with Gasteiger partial charge in [-0.15, -0.1) is 0 Å². The Labute approximate surface area is 238 Å². The summed E-state index contributed by atoms with van der Waals surface area (Å²) in [5.41, 5.74) is 9.26. The van der Waals surface area contributed by atoms with Crippen molar-refractivity contribution in [3.05, 3.63) is 127 Å². The second kappa shape index (κ2) is 9.79. The Morgan fingerprint density at radius 2 is 0.951 bits per heavy atom. The standard InChI is InChI=1S/C36H29N3O2/c1-36(2,3)26-14-16-27(17-15-26)39(28-18-20-30-32(22-28)40-34(37-30)24-10-6-4-7-11-24)29-19-21-31-33(23-29)41-35(38-31)25-12-8-5-9-13-25/h4-23H,1-3H3. The smallest absolute Gasteiger partial charge is 0.227 e. The zero-order chi connectivity index (χ0) is 28.0. The van der Waals surface area contributed by atoms with Gasteiger partial charge >= 0.3 is 0 Å². The van der Waals surface area contributed by atoms with Crippen LogP contribution >= 0.6 is 0 Å². The molecule has 0 unspecified atom stereocenters. The molecule has 0 aliphatic rings. The van der Waals surface area contributed by atoms with Crippen molar-refractivity contribution in [2.45, 2.75) is 26.2 Å². The fraction of sp³-hybridized carbons (Fsp3) is 0.111. The van der Waals surface area contributed by atoms with E-state index in [1.54, 1.807) is 0 Å². The van der Waals surface area contributed by atoms with E-state index in [1.807, 2.05) is 84.9 Å². The molecule has 0 aliphatic carbocycles. The monoisotopic (exact) mass is 535 g/mol. The molecule has 0 N–H and O–H groups in total. The summed E-state index contributed by atoms with van der Waals surface area (Å²) in [6.45, 7) is 6.68. The molecule has 0 bridgehead atoms. The van der Waals surface area contributed by atoms with Crippen LogP contribution in [0.3, 0.4) is 0 Å². The van der Waals surface area contributed by atoms with Crippen molar-refractivity contribution < 1.29 is 8.83 Å². The third-order valence-corrected chi connectivity index (χ3v) is 7.29. The summed E-state index contributed by atoms with van der Waals surface area (Å²) >= 11 is 0. The molecule has 0 amide bonds. The quantitative estimate of drug-likeness (QED) is 0.219. The van der Waals surface area contributed by atoms with Crippen LogP contribution in [0, 0.1) is 0 Å². The Bertz CT molecular complexity index is 1850.